The molecule has 15 heavy (non-hydrogen) atoms. The van der Waals surface area contributed by atoms with E-state index in [4.69, 9.17) is 11.6 Å². The smallest absolute Gasteiger partial charge is 0.0406 e. The van der Waals surface area contributed by atoms with Crippen molar-refractivity contribution in [3.8, 4) is 0 Å². The molecule has 1 aromatic carbocycles. The van der Waals surface area contributed by atoms with Crippen molar-refractivity contribution in [1.82, 2.24) is 0 Å². The van der Waals surface area contributed by atoms with Gasteiger partial charge in [0.25, 0.3) is 0 Å². The molecule has 0 N–H and O–H groups in total. The number of halogens is 1. The molecular weight excluding hydrogens is 204 g/mol. The van der Waals surface area contributed by atoms with E-state index >= 15 is 0 Å². The zero-order chi connectivity index (χ0) is 11.4. The van der Waals surface area contributed by atoms with Gasteiger partial charge in [-0.05, 0) is 37.1 Å². The Balaban J connectivity index is 3.16. The van der Waals surface area contributed by atoms with Gasteiger partial charge >= 0.3 is 0 Å². The van der Waals surface area contributed by atoms with Gasteiger partial charge in [0.15, 0.2) is 0 Å². The summed E-state index contributed by atoms with van der Waals surface area (Å²) in [5.74, 6) is 0. The van der Waals surface area contributed by atoms with Crippen molar-refractivity contribution in [2.24, 2.45) is 0 Å². The predicted octanol–water partition coefficient (Wildman–Crippen LogP) is 4.88. The first-order chi connectivity index (χ1) is 7.00. The maximum atomic E-state index is 5.84. The molecule has 0 atom stereocenters. The number of hydrogen-bond acceptors (Lipinski definition) is 0. The lowest BCUT2D eigenvalue weighted by Crippen LogP contribution is -1.86. The van der Waals surface area contributed by atoms with Crippen molar-refractivity contribution in [2.75, 3.05) is 0 Å². The van der Waals surface area contributed by atoms with Crippen LogP contribution in [0.2, 0.25) is 5.02 Å². The highest BCUT2D eigenvalue weighted by Gasteiger charge is 2.01. The molecular formula is C14H15Cl. The van der Waals surface area contributed by atoms with Crippen molar-refractivity contribution in [3.63, 3.8) is 0 Å². The van der Waals surface area contributed by atoms with E-state index in [0.29, 0.717) is 0 Å². The first-order valence-corrected chi connectivity index (χ1v) is 5.17. The lowest BCUT2D eigenvalue weighted by atomic mass is 9.98. The molecule has 1 rings (SSSR count). The van der Waals surface area contributed by atoms with E-state index in [9.17, 15) is 0 Å². The zero-order valence-electron chi connectivity index (χ0n) is 9.18. The van der Waals surface area contributed by atoms with Gasteiger partial charge in [-0.25, -0.2) is 0 Å². The second kappa shape index (κ2) is 4.99. The first-order valence-electron chi connectivity index (χ1n) is 4.79. The summed E-state index contributed by atoms with van der Waals surface area (Å²) in [5.41, 5.74) is 4.28. The van der Waals surface area contributed by atoms with E-state index in [1.54, 1.807) is 0 Å². The first kappa shape index (κ1) is 11.8. The van der Waals surface area contributed by atoms with Crippen LogP contribution in [0.5, 0.6) is 0 Å². The minimum absolute atomic E-state index is 0.746. The molecule has 0 amide bonds. The van der Waals surface area contributed by atoms with Gasteiger partial charge in [0, 0.05) is 5.02 Å². The van der Waals surface area contributed by atoms with E-state index in [2.05, 4.69) is 13.2 Å². The minimum atomic E-state index is 0.746. The van der Waals surface area contributed by atoms with E-state index in [1.165, 1.54) is 0 Å². The molecule has 0 nitrogen and oxygen atoms in total. The SMILES string of the molecule is C=C(C)/C=C(\C(=C)C)c1ccc(Cl)cc1. The molecule has 1 aromatic rings. The predicted molar refractivity (Wildman–Crippen MR) is 69.1 cm³/mol. The normalized spacial score (nSPS) is 11.3. The van der Waals surface area contributed by atoms with Crippen molar-refractivity contribution in [2.45, 2.75) is 13.8 Å². The van der Waals surface area contributed by atoms with Crippen molar-refractivity contribution in [3.05, 3.63) is 65.2 Å². The summed E-state index contributed by atoms with van der Waals surface area (Å²) >= 11 is 5.84. The Kier molecular flexibility index (Phi) is 3.93. The summed E-state index contributed by atoms with van der Waals surface area (Å²) in [7, 11) is 0. The summed E-state index contributed by atoms with van der Waals surface area (Å²) in [4.78, 5) is 0. The van der Waals surface area contributed by atoms with Crippen LogP contribution in [-0.2, 0) is 0 Å². The average molecular weight is 219 g/mol. The molecule has 0 fully saturated rings. The summed E-state index contributed by atoms with van der Waals surface area (Å²) < 4.78 is 0. The topological polar surface area (TPSA) is 0 Å². The van der Waals surface area contributed by atoms with Crippen LogP contribution in [0.1, 0.15) is 19.4 Å². The van der Waals surface area contributed by atoms with E-state index in [0.717, 1.165) is 27.3 Å². The van der Waals surface area contributed by atoms with Crippen LogP contribution in [0.4, 0.5) is 0 Å². The third-order valence-electron chi connectivity index (χ3n) is 2.01. The molecule has 0 aliphatic heterocycles. The van der Waals surface area contributed by atoms with E-state index in [1.807, 2.05) is 44.2 Å². The maximum absolute atomic E-state index is 5.84. The Morgan fingerprint density at radius 1 is 1.13 bits per heavy atom. The molecule has 0 spiro atoms. The zero-order valence-corrected chi connectivity index (χ0v) is 9.93. The average Bonchev–Trinajstić information content (AvgIpc) is 2.15. The van der Waals surface area contributed by atoms with E-state index < -0.39 is 0 Å². The molecule has 0 heterocycles. The Morgan fingerprint density at radius 2 is 1.67 bits per heavy atom. The van der Waals surface area contributed by atoms with E-state index in [-0.39, 0.29) is 0 Å². The van der Waals surface area contributed by atoms with Gasteiger partial charge in [-0.15, -0.1) is 0 Å². The highest BCUT2D eigenvalue weighted by molar-refractivity contribution is 6.30. The minimum Gasteiger partial charge on any atom is -0.0961 e. The molecule has 0 aliphatic carbocycles. The van der Waals surface area contributed by atoms with Crippen LogP contribution in [0.25, 0.3) is 5.57 Å². The van der Waals surface area contributed by atoms with Gasteiger partial charge in [-0.1, -0.05) is 54.1 Å². The van der Waals surface area contributed by atoms with Gasteiger partial charge in [-0.2, -0.15) is 0 Å². The molecule has 0 saturated carbocycles. The standard InChI is InChI=1S/C14H15Cl/c1-10(2)9-14(11(3)4)12-5-7-13(15)8-6-12/h5-9H,1,3H2,2,4H3/b14-9+. The summed E-state index contributed by atoms with van der Waals surface area (Å²) in [6.07, 6.45) is 2.03. The second-order valence-electron chi connectivity index (χ2n) is 3.69. The van der Waals surface area contributed by atoms with Crippen LogP contribution < -0.4 is 0 Å². The van der Waals surface area contributed by atoms with Crippen molar-refractivity contribution < 1.29 is 0 Å². The molecule has 0 unspecified atom stereocenters. The summed E-state index contributed by atoms with van der Waals surface area (Å²) in [6.45, 7) is 11.8. The number of allylic oxidation sites excluding steroid dienone is 4. The van der Waals surface area contributed by atoms with Crippen molar-refractivity contribution >= 4 is 17.2 Å². The molecule has 78 valence electrons. The van der Waals surface area contributed by atoms with Gasteiger partial charge in [-0.3, -0.25) is 0 Å². The molecule has 0 aliphatic rings. The molecule has 0 bridgehead atoms. The fourth-order valence-corrected chi connectivity index (χ4v) is 1.45. The quantitative estimate of drug-likeness (QED) is 0.635. The lowest BCUT2D eigenvalue weighted by Gasteiger charge is -2.07. The lowest BCUT2D eigenvalue weighted by molar-refractivity contribution is 1.48. The Hall–Kier alpha value is -1.27. The second-order valence-corrected chi connectivity index (χ2v) is 4.13. The molecule has 1 heteroatoms. The fourth-order valence-electron chi connectivity index (χ4n) is 1.33. The van der Waals surface area contributed by atoms with Crippen molar-refractivity contribution in [1.29, 1.82) is 0 Å². The van der Waals surface area contributed by atoms with Crippen LogP contribution >= 0.6 is 11.6 Å². The third kappa shape index (κ3) is 3.41. The highest BCUT2D eigenvalue weighted by Crippen LogP contribution is 2.24. The molecule has 0 aromatic heterocycles. The van der Waals surface area contributed by atoms with Crippen LogP contribution in [0.15, 0.2) is 54.6 Å². The number of hydrogen-bond donors (Lipinski definition) is 0. The van der Waals surface area contributed by atoms with Crippen LogP contribution in [0.3, 0.4) is 0 Å². The fraction of sp³-hybridized carbons (Fsp3) is 0.143. The highest BCUT2D eigenvalue weighted by atomic mass is 35.5. The molecule has 0 saturated heterocycles. The summed E-state index contributed by atoms with van der Waals surface area (Å²) in [5, 5.41) is 0.746. The molecule has 0 radical (unpaired) electrons. The van der Waals surface area contributed by atoms with Gasteiger partial charge in [0.05, 0.1) is 0 Å². The summed E-state index contributed by atoms with van der Waals surface area (Å²) in [6, 6.07) is 7.75. The maximum Gasteiger partial charge on any atom is 0.0406 e. The number of rotatable bonds is 3. The largest absolute Gasteiger partial charge is 0.0961 e. The van der Waals surface area contributed by atoms with Gasteiger partial charge in [0.2, 0.25) is 0 Å². The Morgan fingerprint density at radius 3 is 2.07 bits per heavy atom. The number of benzene rings is 1. The van der Waals surface area contributed by atoms with Gasteiger partial charge < -0.3 is 0 Å². The Bertz CT molecular complexity index is 407. The van der Waals surface area contributed by atoms with Crippen LogP contribution in [-0.4, -0.2) is 0 Å². The monoisotopic (exact) mass is 218 g/mol. The van der Waals surface area contributed by atoms with Gasteiger partial charge in [0.1, 0.15) is 0 Å². The van der Waals surface area contributed by atoms with Crippen LogP contribution in [0, 0.1) is 0 Å². The Labute approximate surface area is 96.6 Å². The third-order valence-corrected chi connectivity index (χ3v) is 2.26.